The van der Waals surface area contributed by atoms with Crippen LogP contribution in [0.3, 0.4) is 0 Å². The number of hydrogen-bond acceptors (Lipinski definition) is 5. The van der Waals surface area contributed by atoms with Crippen LogP contribution in [0.2, 0.25) is 0 Å². The van der Waals surface area contributed by atoms with Crippen LogP contribution in [0.15, 0.2) is 27.0 Å². The number of aromatic nitrogens is 2. The molecule has 0 amide bonds. The first-order valence-corrected chi connectivity index (χ1v) is 6.57. The molecule has 2 aromatic heterocycles. The Hall–Kier alpha value is -1.21. The van der Waals surface area contributed by atoms with Gasteiger partial charge in [0, 0.05) is 24.2 Å². The lowest BCUT2D eigenvalue weighted by Gasteiger charge is -2.06. The van der Waals surface area contributed by atoms with E-state index >= 15 is 0 Å². The highest BCUT2D eigenvalue weighted by atomic mass is 32.2. The maximum atomic E-state index is 13.5. The Kier molecular flexibility index (Phi) is 3.90. The SMILES string of the molecule is CCNc1nc(Sc2nccs2)c(F)cc1F. The minimum absolute atomic E-state index is 0.0629. The maximum Gasteiger partial charge on any atom is 0.168 e. The summed E-state index contributed by atoms with van der Waals surface area (Å²) in [6.07, 6.45) is 1.62. The molecule has 0 spiro atoms. The van der Waals surface area contributed by atoms with Crippen molar-refractivity contribution < 1.29 is 8.78 Å². The number of halogens is 2. The van der Waals surface area contributed by atoms with Crippen LogP contribution < -0.4 is 5.32 Å². The van der Waals surface area contributed by atoms with Crippen molar-refractivity contribution in [2.24, 2.45) is 0 Å². The van der Waals surface area contributed by atoms with Gasteiger partial charge >= 0.3 is 0 Å². The second-order valence-electron chi connectivity index (χ2n) is 3.04. The lowest BCUT2D eigenvalue weighted by atomic mass is 10.4. The highest BCUT2D eigenvalue weighted by molar-refractivity contribution is 8.01. The topological polar surface area (TPSA) is 37.8 Å². The van der Waals surface area contributed by atoms with Crippen molar-refractivity contribution in [1.82, 2.24) is 9.97 Å². The largest absolute Gasteiger partial charge is 0.368 e. The van der Waals surface area contributed by atoms with Crippen LogP contribution in [0.25, 0.3) is 0 Å². The van der Waals surface area contributed by atoms with Gasteiger partial charge < -0.3 is 5.32 Å². The van der Waals surface area contributed by atoms with E-state index in [-0.39, 0.29) is 10.8 Å². The van der Waals surface area contributed by atoms with Gasteiger partial charge in [0.05, 0.1) is 0 Å². The monoisotopic (exact) mass is 273 g/mol. The minimum atomic E-state index is -0.687. The Morgan fingerprint density at radius 3 is 2.88 bits per heavy atom. The van der Waals surface area contributed by atoms with Gasteiger partial charge in [-0.1, -0.05) is 0 Å². The van der Waals surface area contributed by atoms with Crippen LogP contribution in [0.1, 0.15) is 6.92 Å². The molecule has 2 rings (SSSR count). The van der Waals surface area contributed by atoms with Gasteiger partial charge in [-0.25, -0.2) is 18.7 Å². The molecule has 90 valence electrons. The van der Waals surface area contributed by atoms with Crippen molar-refractivity contribution in [3.63, 3.8) is 0 Å². The molecule has 0 aromatic carbocycles. The molecule has 0 fully saturated rings. The Balaban J connectivity index is 2.29. The molecule has 0 aliphatic carbocycles. The molecule has 1 N–H and O–H groups in total. The molecule has 0 aliphatic rings. The third-order valence-corrected chi connectivity index (χ3v) is 3.70. The van der Waals surface area contributed by atoms with Gasteiger partial charge in [0.1, 0.15) is 5.03 Å². The van der Waals surface area contributed by atoms with E-state index in [0.717, 1.165) is 17.8 Å². The maximum absolute atomic E-state index is 13.5. The Morgan fingerprint density at radius 1 is 1.41 bits per heavy atom. The van der Waals surface area contributed by atoms with Gasteiger partial charge in [-0.05, 0) is 18.7 Å². The van der Waals surface area contributed by atoms with Crippen molar-refractivity contribution in [1.29, 1.82) is 0 Å². The summed E-state index contributed by atoms with van der Waals surface area (Å²) in [5.74, 6) is -1.30. The zero-order valence-electron chi connectivity index (χ0n) is 8.91. The van der Waals surface area contributed by atoms with Crippen LogP contribution >= 0.6 is 23.1 Å². The first-order valence-electron chi connectivity index (χ1n) is 4.88. The predicted molar refractivity (Wildman–Crippen MR) is 64.6 cm³/mol. The van der Waals surface area contributed by atoms with E-state index in [9.17, 15) is 8.78 Å². The molecular formula is C10H9F2N3S2. The van der Waals surface area contributed by atoms with Crippen molar-refractivity contribution in [2.75, 3.05) is 11.9 Å². The predicted octanol–water partition coefficient (Wildman–Crippen LogP) is 3.40. The first kappa shape index (κ1) is 12.3. The van der Waals surface area contributed by atoms with Crippen molar-refractivity contribution in [3.05, 3.63) is 29.3 Å². The summed E-state index contributed by atoms with van der Waals surface area (Å²) in [4.78, 5) is 7.92. The summed E-state index contributed by atoms with van der Waals surface area (Å²) in [6, 6.07) is 0.834. The number of rotatable bonds is 4. The number of thiazole rings is 1. The summed E-state index contributed by atoms with van der Waals surface area (Å²) in [5.41, 5.74) is 0. The van der Waals surface area contributed by atoms with Crippen LogP contribution in [-0.2, 0) is 0 Å². The van der Waals surface area contributed by atoms with E-state index in [1.54, 1.807) is 11.6 Å². The Labute approximate surface area is 105 Å². The summed E-state index contributed by atoms with van der Waals surface area (Å²) < 4.78 is 27.5. The fourth-order valence-corrected chi connectivity index (χ4v) is 2.68. The molecule has 0 radical (unpaired) electrons. The smallest absolute Gasteiger partial charge is 0.168 e. The molecule has 0 aliphatic heterocycles. The molecule has 3 nitrogen and oxygen atoms in total. The van der Waals surface area contributed by atoms with E-state index in [1.165, 1.54) is 11.3 Å². The molecule has 0 bridgehead atoms. The fraction of sp³-hybridized carbons (Fsp3) is 0.200. The number of anilines is 1. The molecule has 2 aromatic rings. The lowest BCUT2D eigenvalue weighted by molar-refractivity contribution is 0.551. The first-order chi connectivity index (χ1) is 8.20. The lowest BCUT2D eigenvalue weighted by Crippen LogP contribution is -2.04. The zero-order chi connectivity index (χ0) is 12.3. The molecule has 0 saturated heterocycles. The quantitative estimate of drug-likeness (QED) is 0.926. The van der Waals surface area contributed by atoms with Crippen LogP contribution in [0.5, 0.6) is 0 Å². The third-order valence-electron chi connectivity index (χ3n) is 1.84. The fourth-order valence-electron chi connectivity index (χ4n) is 1.16. The summed E-state index contributed by atoms with van der Waals surface area (Å²) in [5, 5.41) is 4.65. The third kappa shape index (κ3) is 2.92. The Morgan fingerprint density at radius 2 is 2.24 bits per heavy atom. The van der Waals surface area contributed by atoms with E-state index < -0.39 is 11.6 Å². The van der Waals surface area contributed by atoms with E-state index in [0.29, 0.717) is 10.9 Å². The number of nitrogens with one attached hydrogen (secondary N) is 1. The highest BCUT2D eigenvalue weighted by Gasteiger charge is 2.13. The van der Waals surface area contributed by atoms with Gasteiger partial charge in [0.25, 0.3) is 0 Å². The van der Waals surface area contributed by atoms with Gasteiger partial charge in [0.2, 0.25) is 0 Å². The summed E-state index contributed by atoms with van der Waals surface area (Å²) in [7, 11) is 0. The van der Waals surface area contributed by atoms with Crippen molar-refractivity contribution in [2.45, 2.75) is 16.3 Å². The number of nitrogens with zero attached hydrogens (tertiary/aromatic N) is 2. The average Bonchev–Trinajstić information content (AvgIpc) is 2.78. The number of pyridine rings is 1. The van der Waals surface area contributed by atoms with E-state index in [2.05, 4.69) is 15.3 Å². The normalized spacial score (nSPS) is 10.5. The second-order valence-corrected chi connectivity index (χ2v) is 5.17. The molecule has 0 saturated carbocycles. The van der Waals surface area contributed by atoms with Gasteiger partial charge in [-0.15, -0.1) is 11.3 Å². The molecule has 0 unspecified atom stereocenters. The molecule has 17 heavy (non-hydrogen) atoms. The summed E-state index contributed by atoms with van der Waals surface area (Å²) in [6.45, 7) is 2.34. The van der Waals surface area contributed by atoms with E-state index in [4.69, 9.17) is 0 Å². The van der Waals surface area contributed by atoms with Gasteiger partial charge in [0.15, 0.2) is 21.8 Å². The van der Waals surface area contributed by atoms with Gasteiger partial charge in [-0.3, -0.25) is 0 Å². The molecule has 0 atom stereocenters. The van der Waals surface area contributed by atoms with E-state index in [1.807, 2.05) is 6.92 Å². The zero-order valence-corrected chi connectivity index (χ0v) is 10.5. The standard InChI is InChI=1S/C10H9F2N3S2/c1-2-13-8-6(11)5-7(12)9(15-8)17-10-14-3-4-16-10/h3-5H,2H2,1H3,(H,13,15). The summed E-state index contributed by atoms with van der Waals surface area (Å²) >= 11 is 2.47. The average molecular weight is 273 g/mol. The minimum Gasteiger partial charge on any atom is -0.368 e. The van der Waals surface area contributed by atoms with Crippen LogP contribution in [-0.4, -0.2) is 16.5 Å². The molecular weight excluding hydrogens is 264 g/mol. The van der Waals surface area contributed by atoms with Gasteiger partial charge in [-0.2, -0.15) is 0 Å². The van der Waals surface area contributed by atoms with Crippen molar-refractivity contribution >= 4 is 28.9 Å². The molecule has 7 heteroatoms. The second kappa shape index (κ2) is 5.42. The van der Waals surface area contributed by atoms with Crippen LogP contribution in [0.4, 0.5) is 14.6 Å². The Bertz CT molecular complexity index is 503. The van der Waals surface area contributed by atoms with Crippen LogP contribution in [0, 0.1) is 11.6 Å². The molecule has 2 heterocycles. The number of hydrogen-bond donors (Lipinski definition) is 1. The van der Waals surface area contributed by atoms with Crippen molar-refractivity contribution in [3.8, 4) is 0 Å². The highest BCUT2D eigenvalue weighted by Crippen LogP contribution is 2.31.